The average molecular weight is 462 g/mol. The van der Waals surface area contributed by atoms with Crippen LogP contribution in [0.15, 0.2) is 47.4 Å². The molecule has 0 bridgehead atoms. The number of hydrogen-bond acceptors (Lipinski definition) is 6. The molecule has 1 amide bonds. The number of benzene rings is 2. The molecule has 174 valence electrons. The molecule has 2 N–H and O–H groups in total. The molecule has 0 saturated heterocycles. The molecule has 0 aromatic heterocycles. The van der Waals surface area contributed by atoms with Gasteiger partial charge >= 0.3 is 0 Å². The summed E-state index contributed by atoms with van der Waals surface area (Å²) in [6.07, 6.45) is 2.16. The van der Waals surface area contributed by atoms with E-state index in [1.165, 1.54) is 20.2 Å². The van der Waals surface area contributed by atoms with Crippen LogP contribution in [0.25, 0.3) is 0 Å². The van der Waals surface area contributed by atoms with E-state index in [4.69, 9.17) is 9.47 Å². The molecule has 0 aliphatic heterocycles. The number of nitrogens with one attached hydrogen (secondary N) is 2. The third-order valence-electron chi connectivity index (χ3n) is 5.34. The molecule has 9 heteroatoms. The molecule has 1 aliphatic rings. The van der Waals surface area contributed by atoms with Gasteiger partial charge in [0, 0.05) is 19.8 Å². The topological polar surface area (TPSA) is 97.0 Å². The van der Waals surface area contributed by atoms with E-state index < -0.39 is 10.0 Å². The Bertz CT molecular complexity index is 1030. The molecule has 2 aromatic carbocycles. The van der Waals surface area contributed by atoms with Crippen molar-refractivity contribution in [2.24, 2.45) is 5.92 Å². The van der Waals surface area contributed by atoms with Crippen LogP contribution in [0.2, 0.25) is 0 Å². The lowest BCUT2D eigenvalue weighted by Crippen LogP contribution is -2.34. The van der Waals surface area contributed by atoms with Crippen LogP contribution >= 0.6 is 0 Å². The zero-order valence-electron chi connectivity index (χ0n) is 18.9. The Kier molecular flexibility index (Phi) is 7.63. The summed E-state index contributed by atoms with van der Waals surface area (Å²) in [7, 11) is 0.861. The molecule has 1 atom stereocenters. The van der Waals surface area contributed by atoms with Crippen molar-refractivity contribution in [1.29, 1.82) is 0 Å². The van der Waals surface area contributed by atoms with Gasteiger partial charge in [-0.3, -0.25) is 4.79 Å². The molecule has 32 heavy (non-hydrogen) atoms. The van der Waals surface area contributed by atoms with Gasteiger partial charge in [-0.1, -0.05) is 12.1 Å². The van der Waals surface area contributed by atoms with E-state index in [1.54, 1.807) is 26.2 Å². The fourth-order valence-electron chi connectivity index (χ4n) is 3.41. The minimum Gasteiger partial charge on any atom is -0.497 e. The van der Waals surface area contributed by atoms with Crippen molar-refractivity contribution in [3.63, 3.8) is 0 Å². The first-order valence-electron chi connectivity index (χ1n) is 10.6. The Morgan fingerprint density at radius 3 is 2.41 bits per heavy atom. The largest absolute Gasteiger partial charge is 0.497 e. The van der Waals surface area contributed by atoms with Gasteiger partial charge in [0.2, 0.25) is 15.9 Å². The molecule has 0 radical (unpaired) electrons. The fraction of sp³-hybridized carbons (Fsp3) is 0.435. The lowest BCUT2D eigenvalue weighted by molar-refractivity contribution is -0.120. The molecule has 3 rings (SSSR count). The lowest BCUT2D eigenvalue weighted by Gasteiger charge is -2.20. The third-order valence-corrected chi connectivity index (χ3v) is 7.18. The Morgan fingerprint density at radius 1 is 1.16 bits per heavy atom. The summed E-state index contributed by atoms with van der Waals surface area (Å²) in [6, 6.07) is 12.5. The van der Waals surface area contributed by atoms with Crippen LogP contribution in [0.3, 0.4) is 0 Å². The van der Waals surface area contributed by atoms with Crippen LogP contribution in [-0.4, -0.2) is 53.0 Å². The van der Waals surface area contributed by atoms with E-state index in [1.807, 2.05) is 24.3 Å². The number of carbonyl (C=O) groups is 1. The summed E-state index contributed by atoms with van der Waals surface area (Å²) in [5.74, 6) is 1.32. The number of anilines is 1. The van der Waals surface area contributed by atoms with E-state index in [0.717, 1.165) is 28.5 Å². The van der Waals surface area contributed by atoms with Crippen molar-refractivity contribution in [3.05, 3.63) is 48.0 Å². The molecule has 0 heterocycles. The summed E-state index contributed by atoms with van der Waals surface area (Å²) in [5.41, 5.74) is 1.57. The molecule has 2 aromatic rings. The first-order chi connectivity index (χ1) is 15.3. The van der Waals surface area contributed by atoms with Crippen LogP contribution in [0.5, 0.6) is 11.5 Å². The maximum Gasteiger partial charge on any atom is 0.246 e. The number of rotatable bonds is 11. The quantitative estimate of drug-likeness (QED) is 0.534. The highest BCUT2D eigenvalue weighted by molar-refractivity contribution is 7.89. The summed E-state index contributed by atoms with van der Waals surface area (Å²) >= 11 is 0. The number of hydrogen-bond donors (Lipinski definition) is 2. The van der Waals surface area contributed by atoms with Gasteiger partial charge in [-0.2, -0.15) is 0 Å². The lowest BCUT2D eigenvalue weighted by atomic mass is 10.0. The summed E-state index contributed by atoms with van der Waals surface area (Å²) < 4.78 is 37.2. The summed E-state index contributed by atoms with van der Waals surface area (Å²) in [4.78, 5) is 12.7. The van der Waals surface area contributed by atoms with Crippen molar-refractivity contribution in [3.8, 4) is 11.5 Å². The molecular formula is C23H31N3O5S. The van der Waals surface area contributed by atoms with Gasteiger partial charge in [0.1, 0.15) is 16.4 Å². The third kappa shape index (κ3) is 5.72. The Balaban J connectivity index is 1.69. The van der Waals surface area contributed by atoms with Gasteiger partial charge in [-0.15, -0.1) is 0 Å². The van der Waals surface area contributed by atoms with Gasteiger partial charge in [0.05, 0.1) is 26.3 Å². The highest BCUT2D eigenvalue weighted by Gasteiger charge is 2.33. The van der Waals surface area contributed by atoms with Crippen LogP contribution in [0, 0.1) is 5.92 Å². The first-order valence-corrected chi connectivity index (χ1v) is 12.1. The number of sulfonamides is 1. The molecule has 8 nitrogen and oxygen atoms in total. The van der Waals surface area contributed by atoms with Crippen LogP contribution < -0.4 is 20.1 Å². The van der Waals surface area contributed by atoms with E-state index in [2.05, 4.69) is 10.6 Å². The van der Waals surface area contributed by atoms with Crippen LogP contribution in [-0.2, 0) is 14.8 Å². The number of carbonyl (C=O) groups excluding carboxylic acids is 1. The van der Waals surface area contributed by atoms with Crippen LogP contribution in [0.4, 0.5) is 5.69 Å². The van der Waals surface area contributed by atoms with E-state index in [-0.39, 0.29) is 29.1 Å². The highest BCUT2D eigenvalue weighted by atomic mass is 32.2. The second-order valence-corrected chi connectivity index (χ2v) is 10.0. The van der Waals surface area contributed by atoms with Gasteiger partial charge < -0.3 is 20.1 Å². The minimum absolute atomic E-state index is 0.0226. The van der Waals surface area contributed by atoms with E-state index in [9.17, 15) is 13.2 Å². The second kappa shape index (κ2) is 10.2. The average Bonchev–Trinajstić information content (AvgIpc) is 3.62. The predicted molar refractivity (Wildman–Crippen MR) is 124 cm³/mol. The maximum atomic E-state index is 12.7. The van der Waals surface area contributed by atoms with Gasteiger partial charge in [-0.25, -0.2) is 12.7 Å². The first kappa shape index (κ1) is 23.9. The maximum absolute atomic E-state index is 12.7. The molecule has 1 unspecified atom stereocenters. The van der Waals surface area contributed by atoms with Crippen molar-refractivity contribution < 1.29 is 22.7 Å². The van der Waals surface area contributed by atoms with Gasteiger partial charge in [0.15, 0.2) is 0 Å². The predicted octanol–water partition coefficient (Wildman–Crippen LogP) is 3.02. The molecule has 0 spiro atoms. The normalized spacial score (nSPS) is 14.7. The molecule has 1 saturated carbocycles. The number of amides is 1. The second-order valence-electron chi connectivity index (χ2n) is 7.89. The Morgan fingerprint density at radius 2 is 1.84 bits per heavy atom. The fourth-order valence-corrected chi connectivity index (χ4v) is 4.46. The smallest absolute Gasteiger partial charge is 0.246 e. The standard InChI is InChI=1S/C23H31N3O5S/c1-5-31-20-13-10-18(14-21(20)32(28,29)26(2)3)24-15-22(27)25-23(16-6-7-16)17-8-11-19(30-4)12-9-17/h8-14,16,23-24H,5-7,15H2,1-4H3,(H,25,27). The number of nitrogens with zero attached hydrogens (tertiary/aromatic N) is 1. The Labute approximate surface area is 190 Å². The van der Waals surface area contributed by atoms with Crippen molar-refractivity contribution in [2.75, 3.05) is 39.7 Å². The minimum atomic E-state index is -3.70. The molecule has 1 aliphatic carbocycles. The monoisotopic (exact) mass is 461 g/mol. The van der Waals surface area contributed by atoms with Crippen molar-refractivity contribution in [1.82, 2.24) is 9.62 Å². The summed E-state index contributed by atoms with van der Waals surface area (Å²) in [6.45, 7) is 2.16. The zero-order valence-corrected chi connectivity index (χ0v) is 19.7. The van der Waals surface area contributed by atoms with Gasteiger partial charge in [0.25, 0.3) is 0 Å². The zero-order chi connectivity index (χ0) is 23.3. The van der Waals surface area contributed by atoms with Gasteiger partial charge in [-0.05, 0) is 61.6 Å². The Hall–Kier alpha value is -2.78. The van der Waals surface area contributed by atoms with Crippen LogP contribution in [0.1, 0.15) is 31.4 Å². The van der Waals surface area contributed by atoms with Crippen molar-refractivity contribution in [2.45, 2.75) is 30.7 Å². The SMILES string of the molecule is CCOc1ccc(NCC(=O)NC(c2ccc(OC)cc2)C2CC2)cc1S(=O)(=O)N(C)C. The van der Waals surface area contributed by atoms with E-state index >= 15 is 0 Å². The molecule has 1 fully saturated rings. The highest BCUT2D eigenvalue weighted by Crippen LogP contribution is 2.41. The number of methoxy groups -OCH3 is 1. The number of ether oxygens (including phenoxy) is 2. The molecular weight excluding hydrogens is 430 g/mol. The van der Waals surface area contributed by atoms with E-state index in [0.29, 0.717) is 18.2 Å². The summed E-state index contributed by atoms with van der Waals surface area (Å²) in [5, 5.41) is 6.13. The van der Waals surface area contributed by atoms with Crippen molar-refractivity contribution >= 4 is 21.6 Å².